The molecule has 1 fully saturated rings. The molecule has 0 aliphatic carbocycles. The fourth-order valence-electron chi connectivity index (χ4n) is 3.43. The number of halogens is 3. The number of benzene rings is 1. The van der Waals surface area contributed by atoms with Crippen molar-refractivity contribution in [3.63, 3.8) is 0 Å². The fraction of sp³-hybridized carbons (Fsp3) is 0.300. The number of carbonyl (C=O) groups excluding carboxylic acids is 1. The molecule has 30 heavy (non-hydrogen) atoms. The maximum atomic E-state index is 12.9. The number of rotatable bonds is 4. The van der Waals surface area contributed by atoms with Gasteiger partial charge < -0.3 is 10.2 Å². The van der Waals surface area contributed by atoms with Gasteiger partial charge in [-0.25, -0.2) is 9.97 Å². The average molecular weight is 416 g/mol. The van der Waals surface area contributed by atoms with Crippen LogP contribution < -0.4 is 10.2 Å². The van der Waals surface area contributed by atoms with E-state index in [1.807, 2.05) is 41.3 Å². The van der Waals surface area contributed by atoms with Crippen LogP contribution in [0.25, 0.3) is 11.3 Å². The van der Waals surface area contributed by atoms with Gasteiger partial charge in [-0.3, -0.25) is 9.48 Å². The normalized spacial score (nSPS) is 16.7. The maximum absolute atomic E-state index is 12.9. The lowest BCUT2D eigenvalue weighted by Crippen LogP contribution is -2.37. The van der Waals surface area contributed by atoms with Crippen molar-refractivity contribution in [1.82, 2.24) is 25.1 Å². The Morgan fingerprint density at radius 2 is 1.97 bits per heavy atom. The topological polar surface area (TPSA) is 75.9 Å². The molecule has 3 heterocycles. The summed E-state index contributed by atoms with van der Waals surface area (Å²) in [6.45, 7) is 1.09. The highest BCUT2D eigenvalue weighted by atomic mass is 19.4. The lowest BCUT2D eigenvalue weighted by Gasteiger charge is -2.17. The first-order valence-corrected chi connectivity index (χ1v) is 9.37. The minimum atomic E-state index is -4.56. The van der Waals surface area contributed by atoms with E-state index in [-0.39, 0.29) is 11.7 Å². The van der Waals surface area contributed by atoms with Gasteiger partial charge in [-0.15, -0.1) is 0 Å². The lowest BCUT2D eigenvalue weighted by atomic mass is 10.1. The third-order valence-corrected chi connectivity index (χ3v) is 4.92. The zero-order valence-electron chi connectivity index (χ0n) is 16.1. The van der Waals surface area contributed by atoms with Gasteiger partial charge in [0.15, 0.2) is 5.69 Å². The van der Waals surface area contributed by atoms with Gasteiger partial charge >= 0.3 is 6.18 Å². The van der Waals surface area contributed by atoms with E-state index in [1.165, 1.54) is 0 Å². The standard InChI is InChI=1S/C20H19F3N6O/c1-28-17(20(21,22)23)11-16(27-28)18(30)25-14-8-10-29(12-14)19-24-9-7-15(26-19)13-5-3-2-4-6-13/h2-7,9,11,14H,8,10,12H2,1H3,(H,25,30). The van der Waals surface area contributed by atoms with Crippen LogP contribution in [-0.2, 0) is 13.2 Å². The highest BCUT2D eigenvalue weighted by Crippen LogP contribution is 2.29. The van der Waals surface area contributed by atoms with Crippen LogP contribution in [0.4, 0.5) is 19.1 Å². The number of anilines is 1. The van der Waals surface area contributed by atoms with Crippen molar-refractivity contribution >= 4 is 11.9 Å². The van der Waals surface area contributed by atoms with Gasteiger partial charge in [-0.1, -0.05) is 30.3 Å². The minimum Gasteiger partial charge on any atom is -0.346 e. The summed E-state index contributed by atoms with van der Waals surface area (Å²) < 4.78 is 39.4. The van der Waals surface area contributed by atoms with E-state index in [1.54, 1.807) is 6.20 Å². The van der Waals surface area contributed by atoms with Gasteiger partial charge in [0.25, 0.3) is 5.91 Å². The maximum Gasteiger partial charge on any atom is 0.433 e. The van der Waals surface area contributed by atoms with Crippen molar-refractivity contribution < 1.29 is 18.0 Å². The Morgan fingerprint density at radius 3 is 2.67 bits per heavy atom. The first-order chi connectivity index (χ1) is 14.3. The Balaban J connectivity index is 1.42. The molecule has 1 N–H and O–H groups in total. The Kier molecular flexibility index (Phi) is 5.15. The largest absolute Gasteiger partial charge is 0.433 e. The lowest BCUT2D eigenvalue weighted by molar-refractivity contribution is -0.143. The summed E-state index contributed by atoms with van der Waals surface area (Å²) in [6, 6.07) is 12.1. The molecule has 1 aliphatic rings. The third kappa shape index (κ3) is 4.12. The molecule has 1 aliphatic heterocycles. The monoisotopic (exact) mass is 416 g/mol. The third-order valence-electron chi connectivity index (χ3n) is 4.92. The van der Waals surface area contributed by atoms with Crippen molar-refractivity contribution in [1.29, 1.82) is 0 Å². The molecule has 1 saturated heterocycles. The Hall–Kier alpha value is -3.43. The highest BCUT2D eigenvalue weighted by Gasteiger charge is 2.36. The summed E-state index contributed by atoms with van der Waals surface area (Å²) in [6.07, 6.45) is -2.25. The van der Waals surface area contributed by atoms with Gasteiger partial charge in [-0.2, -0.15) is 18.3 Å². The number of aromatic nitrogens is 4. The molecule has 4 rings (SSSR count). The molecule has 1 amide bonds. The van der Waals surface area contributed by atoms with Crippen molar-refractivity contribution in [2.24, 2.45) is 7.05 Å². The first kappa shape index (κ1) is 19.9. The summed E-state index contributed by atoms with van der Waals surface area (Å²) in [5, 5.41) is 6.44. The second kappa shape index (κ2) is 7.77. The van der Waals surface area contributed by atoms with Crippen LogP contribution in [0.1, 0.15) is 22.6 Å². The van der Waals surface area contributed by atoms with Crippen LogP contribution in [-0.4, -0.2) is 44.8 Å². The molecule has 0 bridgehead atoms. The number of nitrogens with one attached hydrogen (secondary N) is 1. The Morgan fingerprint density at radius 1 is 1.20 bits per heavy atom. The van der Waals surface area contributed by atoms with E-state index in [4.69, 9.17) is 0 Å². The highest BCUT2D eigenvalue weighted by molar-refractivity contribution is 5.92. The molecule has 0 spiro atoms. The van der Waals surface area contributed by atoms with Gasteiger partial charge in [0.1, 0.15) is 5.69 Å². The zero-order chi connectivity index (χ0) is 21.3. The molecule has 7 nitrogen and oxygen atoms in total. The van der Waals surface area contributed by atoms with E-state index in [0.29, 0.717) is 30.1 Å². The van der Waals surface area contributed by atoms with Crippen LogP contribution in [0.2, 0.25) is 0 Å². The summed E-state index contributed by atoms with van der Waals surface area (Å²) in [5.74, 6) is -0.0859. The Bertz CT molecular complexity index is 1050. The SMILES string of the molecule is Cn1nc(C(=O)NC2CCN(c3nccc(-c4ccccc4)n3)C2)cc1C(F)(F)F. The minimum absolute atomic E-state index is 0.238. The van der Waals surface area contributed by atoms with E-state index in [0.717, 1.165) is 24.4 Å². The van der Waals surface area contributed by atoms with Gasteiger partial charge in [0, 0.05) is 44.0 Å². The average Bonchev–Trinajstić information content (AvgIpc) is 3.35. The van der Waals surface area contributed by atoms with Crippen LogP contribution in [0.5, 0.6) is 0 Å². The molecule has 1 unspecified atom stereocenters. The van der Waals surface area contributed by atoms with E-state index in [2.05, 4.69) is 20.4 Å². The molecule has 156 valence electrons. The molecular formula is C20H19F3N6O. The number of hydrogen-bond donors (Lipinski definition) is 1. The molecule has 1 aromatic carbocycles. The van der Waals surface area contributed by atoms with Crippen molar-refractivity contribution in [2.75, 3.05) is 18.0 Å². The van der Waals surface area contributed by atoms with Crippen LogP contribution >= 0.6 is 0 Å². The predicted octanol–water partition coefficient (Wildman–Crippen LogP) is 2.90. The smallest absolute Gasteiger partial charge is 0.346 e. The molecule has 2 aromatic heterocycles. The number of nitrogens with zero attached hydrogens (tertiary/aromatic N) is 5. The molecular weight excluding hydrogens is 397 g/mol. The number of aryl methyl sites for hydroxylation is 1. The van der Waals surface area contributed by atoms with Crippen molar-refractivity contribution in [3.8, 4) is 11.3 Å². The second-order valence-corrected chi connectivity index (χ2v) is 7.05. The van der Waals surface area contributed by atoms with Crippen LogP contribution in [0.15, 0.2) is 48.7 Å². The molecule has 0 saturated carbocycles. The summed E-state index contributed by atoms with van der Waals surface area (Å²) in [7, 11) is 1.16. The van der Waals surface area contributed by atoms with Crippen molar-refractivity contribution in [3.05, 3.63) is 60.0 Å². The molecule has 10 heteroatoms. The zero-order valence-corrected chi connectivity index (χ0v) is 16.1. The number of hydrogen-bond acceptors (Lipinski definition) is 5. The quantitative estimate of drug-likeness (QED) is 0.708. The van der Waals surface area contributed by atoms with Gasteiger partial charge in [0.2, 0.25) is 5.95 Å². The first-order valence-electron chi connectivity index (χ1n) is 9.37. The molecule has 0 radical (unpaired) electrons. The number of amides is 1. The van der Waals surface area contributed by atoms with E-state index >= 15 is 0 Å². The van der Waals surface area contributed by atoms with Crippen LogP contribution in [0, 0.1) is 0 Å². The van der Waals surface area contributed by atoms with Crippen molar-refractivity contribution in [2.45, 2.75) is 18.6 Å². The number of carbonyl (C=O) groups is 1. The van der Waals surface area contributed by atoms with Gasteiger partial charge in [0.05, 0.1) is 5.69 Å². The van der Waals surface area contributed by atoms with Gasteiger partial charge in [-0.05, 0) is 12.5 Å². The molecule has 3 aromatic rings. The fourth-order valence-corrected chi connectivity index (χ4v) is 3.43. The van der Waals surface area contributed by atoms with E-state index in [9.17, 15) is 18.0 Å². The number of alkyl halides is 3. The van der Waals surface area contributed by atoms with E-state index < -0.39 is 17.8 Å². The molecule has 1 atom stereocenters. The Labute approximate surface area is 170 Å². The van der Waals surface area contributed by atoms with Crippen LogP contribution in [0.3, 0.4) is 0 Å². The summed E-state index contributed by atoms with van der Waals surface area (Å²) in [4.78, 5) is 23.2. The second-order valence-electron chi connectivity index (χ2n) is 7.05. The predicted molar refractivity (Wildman–Crippen MR) is 104 cm³/mol. The summed E-state index contributed by atoms with van der Waals surface area (Å²) >= 11 is 0. The summed E-state index contributed by atoms with van der Waals surface area (Å²) in [5.41, 5.74) is 0.541.